The second-order valence-corrected chi connectivity index (χ2v) is 15.2. The van der Waals surface area contributed by atoms with Crippen LogP contribution in [-0.2, 0) is 4.43 Å². The van der Waals surface area contributed by atoms with E-state index in [2.05, 4.69) is 41.5 Å². The van der Waals surface area contributed by atoms with Crippen molar-refractivity contribution in [3.05, 3.63) is 65.0 Å². The number of nitrogens with zero attached hydrogens (tertiary/aromatic N) is 1. The molecule has 0 bridgehead atoms. The van der Waals surface area contributed by atoms with Gasteiger partial charge in [0.05, 0.1) is 11.8 Å². The SMILES string of the molecule is CC(C)[Si](OC1CCC(c2cccc(F)c2F)C(N)c2cccnc21)(C(C)C)C(C)C.Cl.Cl. The van der Waals surface area contributed by atoms with Gasteiger partial charge in [-0.05, 0) is 52.7 Å². The van der Waals surface area contributed by atoms with E-state index in [1.165, 1.54) is 0 Å². The van der Waals surface area contributed by atoms with Crippen molar-refractivity contribution in [2.75, 3.05) is 0 Å². The lowest BCUT2D eigenvalue weighted by atomic mass is 9.86. The van der Waals surface area contributed by atoms with E-state index in [0.29, 0.717) is 35.0 Å². The van der Waals surface area contributed by atoms with E-state index in [1.807, 2.05) is 12.1 Å². The van der Waals surface area contributed by atoms with E-state index in [-0.39, 0.29) is 36.8 Å². The molecule has 3 atom stereocenters. The van der Waals surface area contributed by atoms with E-state index in [1.54, 1.807) is 18.3 Å². The third-order valence-electron chi connectivity index (χ3n) is 7.14. The Morgan fingerprint density at radius 3 is 2.06 bits per heavy atom. The van der Waals surface area contributed by atoms with E-state index >= 15 is 0 Å². The Labute approximate surface area is 210 Å². The molecule has 1 aliphatic carbocycles. The predicted octanol–water partition coefficient (Wildman–Crippen LogP) is 8.01. The van der Waals surface area contributed by atoms with Crippen LogP contribution in [0.15, 0.2) is 36.5 Å². The maximum absolute atomic E-state index is 14.7. The van der Waals surface area contributed by atoms with Crippen molar-refractivity contribution < 1.29 is 13.2 Å². The Bertz CT molecular complexity index is 892. The van der Waals surface area contributed by atoms with Crippen molar-refractivity contribution in [3.63, 3.8) is 0 Å². The summed E-state index contributed by atoms with van der Waals surface area (Å²) in [6.07, 6.45) is 2.87. The van der Waals surface area contributed by atoms with Gasteiger partial charge in [-0.2, -0.15) is 0 Å². The zero-order valence-corrected chi connectivity index (χ0v) is 23.0. The Hall–Kier alpha value is -1.05. The molecular weight excluding hydrogens is 481 g/mol. The Kier molecular flexibility index (Phi) is 11.0. The molecule has 0 fully saturated rings. The van der Waals surface area contributed by atoms with Crippen LogP contribution in [0, 0.1) is 11.6 Å². The first-order chi connectivity index (χ1) is 14.6. The molecule has 0 saturated heterocycles. The van der Waals surface area contributed by atoms with Gasteiger partial charge in [0.2, 0.25) is 8.32 Å². The molecule has 1 aromatic heterocycles. The van der Waals surface area contributed by atoms with Crippen LogP contribution in [0.1, 0.15) is 89.3 Å². The van der Waals surface area contributed by atoms with Crippen LogP contribution in [0.25, 0.3) is 0 Å². The summed E-state index contributed by atoms with van der Waals surface area (Å²) in [7, 11) is -2.16. The lowest BCUT2D eigenvalue weighted by Gasteiger charge is -2.44. The number of hydrogen-bond acceptors (Lipinski definition) is 3. The largest absolute Gasteiger partial charge is 0.408 e. The number of fused-ring (bicyclic) bond motifs is 1. The summed E-state index contributed by atoms with van der Waals surface area (Å²) in [5.74, 6) is -1.97. The number of benzene rings is 1. The number of pyridine rings is 1. The molecular formula is C25H38Cl2F2N2OSi. The minimum absolute atomic E-state index is 0. The molecule has 0 spiro atoms. The third-order valence-corrected chi connectivity index (χ3v) is 13.3. The summed E-state index contributed by atoms with van der Waals surface area (Å²) in [4.78, 5) is 4.69. The van der Waals surface area contributed by atoms with Crippen LogP contribution >= 0.6 is 24.8 Å². The molecule has 1 heterocycles. The highest BCUT2D eigenvalue weighted by molar-refractivity contribution is 6.77. The average molecular weight is 520 g/mol. The summed E-state index contributed by atoms with van der Waals surface area (Å²) in [5.41, 5.74) is 10.1. The zero-order valence-electron chi connectivity index (χ0n) is 20.3. The maximum Gasteiger partial charge on any atom is 0.201 e. The number of hydrogen-bond donors (Lipinski definition) is 1. The molecule has 0 saturated carbocycles. The molecule has 33 heavy (non-hydrogen) atoms. The lowest BCUT2D eigenvalue weighted by molar-refractivity contribution is 0.159. The van der Waals surface area contributed by atoms with Crippen molar-refractivity contribution in [3.8, 4) is 0 Å². The van der Waals surface area contributed by atoms with Gasteiger partial charge in [0.25, 0.3) is 0 Å². The molecule has 0 amide bonds. The smallest absolute Gasteiger partial charge is 0.201 e. The molecule has 1 aromatic carbocycles. The molecule has 3 rings (SSSR count). The highest BCUT2D eigenvalue weighted by Gasteiger charge is 2.48. The molecule has 0 radical (unpaired) electrons. The molecule has 2 N–H and O–H groups in total. The van der Waals surface area contributed by atoms with Crippen molar-refractivity contribution in [2.24, 2.45) is 5.73 Å². The van der Waals surface area contributed by atoms with Crippen LogP contribution in [0.2, 0.25) is 16.6 Å². The van der Waals surface area contributed by atoms with E-state index < -0.39 is 26.0 Å². The van der Waals surface area contributed by atoms with E-state index in [4.69, 9.17) is 15.1 Å². The van der Waals surface area contributed by atoms with Gasteiger partial charge in [-0.15, -0.1) is 24.8 Å². The lowest BCUT2D eigenvalue weighted by Crippen LogP contribution is -2.48. The summed E-state index contributed by atoms with van der Waals surface area (Å²) < 4.78 is 35.8. The van der Waals surface area contributed by atoms with Gasteiger partial charge in [-0.25, -0.2) is 8.78 Å². The summed E-state index contributed by atoms with van der Waals surface area (Å²) in [5, 5.41) is 0. The fourth-order valence-corrected chi connectivity index (χ4v) is 11.3. The van der Waals surface area contributed by atoms with Crippen molar-refractivity contribution in [2.45, 2.75) is 89.1 Å². The van der Waals surface area contributed by atoms with Gasteiger partial charge in [-0.1, -0.05) is 59.7 Å². The van der Waals surface area contributed by atoms with Crippen LogP contribution in [0.5, 0.6) is 0 Å². The fraction of sp³-hybridized carbons (Fsp3) is 0.560. The Morgan fingerprint density at radius 1 is 0.909 bits per heavy atom. The first-order valence-electron chi connectivity index (χ1n) is 11.4. The van der Waals surface area contributed by atoms with Gasteiger partial charge >= 0.3 is 0 Å². The summed E-state index contributed by atoms with van der Waals surface area (Å²) in [6, 6.07) is 7.70. The maximum atomic E-state index is 14.7. The topological polar surface area (TPSA) is 48.1 Å². The summed E-state index contributed by atoms with van der Waals surface area (Å²) in [6.45, 7) is 13.6. The molecule has 3 nitrogen and oxygen atoms in total. The van der Waals surface area contributed by atoms with Crippen LogP contribution in [0.3, 0.4) is 0 Å². The molecule has 1 aliphatic rings. The molecule has 186 valence electrons. The number of halogens is 4. The number of nitrogens with two attached hydrogens (primary N) is 1. The van der Waals surface area contributed by atoms with Crippen LogP contribution < -0.4 is 5.73 Å². The zero-order chi connectivity index (χ0) is 22.9. The highest BCUT2D eigenvalue weighted by atomic mass is 35.5. The van der Waals surface area contributed by atoms with Crippen LogP contribution in [0.4, 0.5) is 8.78 Å². The van der Waals surface area contributed by atoms with E-state index in [9.17, 15) is 8.78 Å². The van der Waals surface area contributed by atoms with Gasteiger partial charge in [0.1, 0.15) is 0 Å². The first-order valence-corrected chi connectivity index (χ1v) is 13.6. The Balaban J connectivity index is 0.00000272. The third kappa shape index (κ3) is 5.62. The van der Waals surface area contributed by atoms with Gasteiger partial charge in [0, 0.05) is 18.2 Å². The van der Waals surface area contributed by atoms with Gasteiger partial charge in [-0.3, -0.25) is 4.98 Å². The predicted molar refractivity (Wildman–Crippen MR) is 139 cm³/mol. The quantitative estimate of drug-likeness (QED) is 0.311. The second kappa shape index (κ2) is 12.1. The van der Waals surface area contributed by atoms with E-state index in [0.717, 1.165) is 17.3 Å². The average Bonchev–Trinajstić information content (AvgIpc) is 2.84. The first kappa shape index (κ1) is 30.0. The Morgan fingerprint density at radius 2 is 1.48 bits per heavy atom. The number of rotatable bonds is 6. The minimum Gasteiger partial charge on any atom is -0.408 e. The van der Waals surface area contributed by atoms with Gasteiger partial charge in [0.15, 0.2) is 11.6 Å². The van der Waals surface area contributed by atoms with Crippen molar-refractivity contribution in [1.82, 2.24) is 4.98 Å². The van der Waals surface area contributed by atoms with Crippen molar-refractivity contribution in [1.29, 1.82) is 0 Å². The monoisotopic (exact) mass is 518 g/mol. The molecule has 3 unspecified atom stereocenters. The minimum atomic E-state index is -2.16. The standard InChI is InChI=1S/C25H36F2N2OSi.2ClH/c1-15(2)31(16(3)4,17(5)6)30-22-13-12-19(18-9-7-11-21(26)23(18)27)24(28)20-10-8-14-29-25(20)22;;/h7-11,14-17,19,22,24H,12-13,28H2,1-6H3;2*1H. The van der Waals surface area contributed by atoms with Crippen LogP contribution in [-0.4, -0.2) is 13.3 Å². The highest BCUT2D eigenvalue weighted by Crippen LogP contribution is 2.49. The normalized spacial score (nSPS) is 20.8. The molecule has 0 aliphatic heterocycles. The second-order valence-electron chi connectivity index (χ2n) is 9.75. The molecule has 8 heteroatoms. The molecule has 2 aromatic rings. The van der Waals surface area contributed by atoms with Gasteiger partial charge < -0.3 is 10.2 Å². The van der Waals surface area contributed by atoms with Crippen molar-refractivity contribution >= 4 is 33.1 Å². The summed E-state index contributed by atoms with van der Waals surface area (Å²) >= 11 is 0. The number of aromatic nitrogens is 1. The fourth-order valence-electron chi connectivity index (χ4n) is 5.77.